The van der Waals surface area contributed by atoms with E-state index in [2.05, 4.69) is 14.7 Å². The van der Waals surface area contributed by atoms with Crippen LogP contribution in [0.5, 0.6) is 0 Å². The fourth-order valence-corrected chi connectivity index (χ4v) is 1.51. The van der Waals surface area contributed by atoms with Crippen molar-refractivity contribution in [1.82, 2.24) is 19.6 Å². The van der Waals surface area contributed by atoms with Crippen molar-refractivity contribution >= 4 is 6.03 Å². The number of aromatic nitrogens is 3. The summed E-state index contributed by atoms with van der Waals surface area (Å²) in [5, 5.41) is 3.31. The van der Waals surface area contributed by atoms with Gasteiger partial charge in [-0.1, -0.05) is 5.16 Å². The standard InChI is InChI=1S/C11H9F3N4O3/c1-17(2)9(19)18-8(16-21-10(18)20)7-5-6(3-4-15-7)11(12,13)14/h3-5H,1-2H3. The van der Waals surface area contributed by atoms with Crippen LogP contribution in [-0.4, -0.2) is 39.7 Å². The average Bonchev–Trinajstić information content (AvgIpc) is 2.78. The van der Waals surface area contributed by atoms with Crippen LogP contribution >= 0.6 is 0 Å². The van der Waals surface area contributed by atoms with E-state index in [0.717, 1.165) is 17.2 Å². The average molecular weight is 302 g/mol. The van der Waals surface area contributed by atoms with E-state index in [4.69, 9.17) is 0 Å². The molecule has 2 aromatic rings. The molecule has 0 spiro atoms. The molecule has 112 valence electrons. The van der Waals surface area contributed by atoms with E-state index >= 15 is 0 Å². The summed E-state index contributed by atoms with van der Waals surface area (Å²) in [6, 6.07) is 0.631. The van der Waals surface area contributed by atoms with E-state index in [1.807, 2.05) is 0 Å². The van der Waals surface area contributed by atoms with Crippen molar-refractivity contribution in [3.8, 4) is 11.5 Å². The first kappa shape index (κ1) is 14.8. The van der Waals surface area contributed by atoms with Gasteiger partial charge in [0.2, 0.25) is 5.82 Å². The Labute approximate surface area is 115 Å². The van der Waals surface area contributed by atoms with Gasteiger partial charge in [-0.2, -0.15) is 17.7 Å². The van der Waals surface area contributed by atoms with Crippen molar-refractivity contribution in [2.75, 3.05) is 14.1 Å². The van der Waals surface area contributed by atoms with Crippen molar-refractivity contribution in [2.24, 2.45) is 0 Å². The largest absolute Gasteiger partial charge is 0.450 e. The molecule has 0 saturated heterocycles. The number of carbonyl (C=O) groups excluding carboxylic acids is 1. The summed E-state index contributed by atoms with van der Waals surface area (Å²) >= 11 is 0. The fourth-order valence-electron chi connectivity index (χ4n) is 1.51. The second-order valence-electron chi connectivity index (χ2n) is 4.21. The third-order valence-corrected chi connectivity index (χ3v) is 2.49. The number of amides is 1. The molecule has 21 heavy (non-hydrogen) atoms. The van der Waals surface area contributed by atoms with E-state index in [1.165, 1.54) is 14.1 Å². The predicted molar refractivity (Wildman–Crippen MR) is 63.5 cm³/mol. The second kappa shape index (κ2) is 5.04. The number of halogens is 3. The molecule has 2 rings (SSSR count). The normalized spacial score (nSPS) is 11.5. The van der Waals surface area contributed by atoms with E-state index in [0.29, 0.717) is 10.6 Å². The fraction of sp³-hybridized carbons (Fsp3) is 0.273. The number of alkyl halides is 3. The van der Waals surface area contributed by atoms with Crippen LogP contribution in [0, 0.1) is 0 Å². The molecule has 0 N–H and O–H groups in total. The van der Waals surface area contributed by atoms with Crippen molar-refractivity contribution < 1.29 is 22.5 Å². The molecule has 0 aliphatic carbocycles. The second-order valence-corrected chi connectivity index (χ2v) is 4.21. The summed E-state index contributed by atoms with van der Waals surface area (Å²) in [4.78, 5) is 28.1. The predicted octanol–water partition coefficient (Wildman–Crippen LogP) is 1.45. The van der Waals surface area contributed by atoms with Gasteiger partial charge in [0.1, 0.15) is 5.69 Å². The molecule has 0 saturated carbocycles. The van der Waals surface area contributed by atoms with Crippen LogP contribution in [0.1, 0.15) is 5.56 Å². The highest BCUT2D eigenvalue weighted by Gasteiger charge is 2.32. The molecule has 0 aliphatic rings. The van der Waals surface area contributed by atoms with Gasteiger partial charge < -0.3 is 4.90 Å². The van der Waals surface area contributed by atoms with Gasteiger partial charge in [-0.05, 0) is 12.1 Å². The molecule has 0 atom stereocenters. The zero-order valence-electron chi connectivity index (χ0n) is 10.9. The maximum atomic E-state index is 12.7. The van der Waals surface area contributed by atoms with Crippen LogP contribution in [0.4, 0.5) is 18.0 Å². The molecule has 10 heteroatoms. The van der Waals surface area contributed by atoms with Crippen molar-refractivity contribution in [3.05, 3.63) is 34.4 Å². The molecule has 7 nitrogen and oxygen atoms in total. The van der Waals surface area contributed by atoms with Gasteiger partial charge in [-0.15, -0.1) is 0 Å². The molecular weight excluding hydrogens is 293 g/mol. The molecule has 0 bridgehead atoms. The number of carbonyl (C=O) groups is 1. The smallest absolute Gasteiger partial charge is 0.330 e. The van der Waals surface area contributed by atoms with Gasteiger partial charge in [0.15, 0.2) is 0 Å². The minimum atomic E-state index is -4.59. The van der Waals surface area contributed by atoms with E-state index in [-0.39, 0.29) is 5.69 Å². The molecule has 1 amide bonds. The van der Waals surface area contributed by atoms with Gasteiger partial charge in [0, 0.05) is 20.3 Å². The highest BCUT2D eigenvalue weighted by atomic mass is 19.4. The minimum absolute atomic E-state index is 0.300. The Bertz CT molecular complexity index is 733. The highest BCUT2D eigenvalue weighted by Crippen LogP contribution is 2.30. The van der Waals surface area contributed by atoms with Gasteiger partial charge in [-0.3, -0.25) is 9.51 Å². The summed E-state index contributed by atoms with van der Waals surface area (Å²) in [5.41, 5.74) is -1.28. The van der Waals surface area contributed by atoms with Crippen LogP contribution in [0.3, 0.4) is 0 Å². The maximum Gasteiger partial charge on any atom is 0.450 e. The molecule has 0 aliphatic heterocycles. The quantitative estimate of drug-likeness (QED) is 0.796. The van der Waals surface area contributed by atoms with E-state index in [9.17, 15) is 22.8 Å². The minimum Gasteiger partial charge on any atom is -0.330 e. The number of rotatable bonds is 1. The van der Waals surface area contributed by atoms with E-state index in [1.54, 1.807) is 0 Å². The number of hydrogen-bond donors (Lipinski definition) is 0. The monoisotopic (exact) mass is 302 g/mol. The first-order chi connectivity index (χ1) is 9.71. The van der Waals surface area contributed by atoms with Gasteiger partial charge in [-0.25, -0.2) is 9.59 Å². The Kier molecular flexibility index (Phi) is 3.54. The molecule has 2 heterocycles. The number of nitrogens with zero attached hydrogens (tertiary/aromatic N) is 4. The van der Waals surface area contributed by atoms with Gasteiger partial charge >= 0.3 is 18.0 Å². The summed E-state index contributed by atoms with van der Waals surface area (Å²) < 4.78 is 42.8. The van der Waals surface area contributed by atoms with Crippen LogP contribution in [-0.2, 0) is 6.18 Å². The Morgan fingerprint density at radius 3 is 2.62 bits per heavy atom. The molecule has 2 aromatic heterocycles. The first-order valence-electron chi connectivity index (χ1n) is 5.56. The molecule has 0 fully saturated rings. The summed E-state index contributed by atoms with van der Waals surface area (Å²) in [7, 11) is 2.73. The zero-order chi connectivity index (χ0) is 15.8. The third-order valence-electron chi connectivity index (χ3n) is 2.49. The van der Waals surface area contributed by atoms with Crippen molar-refractivity contribution in [2.45, 2.75) is 6.18 Å². The summed E-state index contributed by atoms with van der Waals surface area (Å²) in [5.74, 6) is -1.51. The van der Waals surface area contributed by atoms with Crippen LogP contribution in [0.2, 0.25) is 0 Å². The first-order valence-corrected chi connectivity index (χ1v) is 5.56. The lowest BCUT2D eigenvalue weighted by atomic mass is 10.2. The van der Waals surface area contributed by atoms with Crippen LogP contribution in [0.15, 0.2) is 27.6 Å². The van der Waals surface area contributed by atoms with Crippen LogP contribution in [0.25, 0.3) is 11.5 Å². The Hall–Kier alpha value is -2.65. The highest BCUT2D eigenvalue weighted by molar-refractivity contribution is 5.80. The summed E-state index contributed by atoms with van der Waals surface area (Å²) in [6.45, 7) is 0. The lowest BCUT2D eigenvalue weighted by Gasteiger charge is -2.11. The molecule has 0 radical (unpaired) electrons. The Morgan fingerprint density at radius 2 is 2.05 bits per heavy atom. The SMILES string of the molecule is CN(C)C(=O)n1c(-c2cc(C(F)(F)F)ccn2)noc1=O. The van der Waals surface area contributed by atoms with Crippen LogP contribution < -0.4 is 5.76 Å². The van der Waals surface area contributed by atoms with E-state index < -0.39 is 29.4 Å². The topological polar surface area (TPSA) is 81.2 Å². The van der Waals surface area contributed by atoms with Gasteiger partial charge in [0.05, 0.1) is 5.56 Å². The summed E-state index contributed by atoms with van der Waals surface area (Å²) in [6.07, 6.45) is -3.68. The molecular formula is C11H9F3N4O3. The molecule has 0 aromatic carbocycles. The van der Waals surface area contributed by atoms with Crippen molar-refractivity contribution in [3.63, 3.8) is 0 Å². The number of pyridine rings is 1. The maximum absolute atomic E-state index is 12.7. The third kappa shape index (κ3) is 2.78. The Balaban J connectivity index is 2.59. The number of hydrogen-bond acceptors (Lipinski definition) is 5. The Morgan fingerprint density at radius 1 is 1.38 bits per heavy atom. The lowest BCUT2D eigenvalue weighted by Crippen LogP contribution is -2.34. The van der Waals surface area contributed by atoms with Crippen molar-refractivity contribution in [1.29, 1.82) is 0 Å². The van der Waals surface area contributed by atoms with Gasteiger partial charge in [0.25, 0.3) is 0 Å². The lowest BCUT2D eigenvalue weighted by molar-refractivity contribution is -0.137. The molecule has 0 unspecified atom stereocenters. The zero-order valence-corrected chi connectivity index (χ0v) is 10.9.